The van der Waals surface area contributed by atoms with Crippen molar-refractivity contribution in [3.63, 3.8) is 0 Å². The Kier molecular flexibility index (Phi) is 5.93. The SMILES string of the molecule is CC1CCCC(CCNC(=O)C2(N)CCC2)C1.Cl. The van der Waals surface area contributed by atoms with Gasteiger partial charge in [0.1, 0.15) is 0 Å². The van der Waals surface area contributed by atoms with Gasteiger partial charge in [-0.2, -0.15) is 0 Å². The molecule has 3 N–H and O–H groups in total. The molecule has 2 rings (SSSR count). The second kappa shape index (κ2) is 6.76. The van der Waals surface area contributed by atoms with E-state index in [0.29, 0.717) is 0 Å². The van der Waals surface area contributed by atoms with Crippen LogP contribution in [0.3, 0.4) is 0 Å². The molecule has 2 unspecified atom stereocenters. The molecule has 0 aromatic rings. The predicted molar refractivity (Wildman–Crippen MR) is 76.8 cm³/mol. The van der Waals surface area contributed by atoms with E-state index in [4.69, 9.17) is 5.73 Å². The summed E-state index contributed by atoms with van der Waals surface area (Å²) in [6.07, 6.45) is 9.38. The van der Waals surface area contributed by atoms with Gasteiger partial charge < -0.3 is 11.1 Å². The van der Waals surface area contributed by atoms with Gasteiger partial charge in [0.25, 0.3) is 0 Å². The number of rotatable bonds is 4. The van der Waals surface area contributed by atoms with Crippen LogP contribution < -0.4 is 11.1 Å². The molecule has 2 aliphatic carbocycles. The van der Waals surface area contributed by atoms with Crippen LogP contribution in [-0.4, -0.2) is 18.0 Å². The number of carbonyl (C=O) groups is 1. The average Bonchev–Trinajstić information content (AvgIpc) is 2.26. The molecule has 18 heavy (non-hydrogen) atoms. The van der Waals surface area contributed by atoms with Crippen molar-refractivity contribution in [3.8, 4) is 0 Å². The summed E-state index contributed by atoms with van der Waals surface area (Å²) in [5, 5.41) is 3.02. The van der Waals surface area contributed by atoms with Gasteiger partial charge in [0.15, 0.2) is 0 Å². The Balaban J connectivity index is 0.00000162. The second-order valence-corrected chi connectivity index (χ2v) is 6.19. The van der Waals surface area contributed by atoms with Crippen LogP contribution in [0, 0.1) is 11.8 Å². The highest BCUT2D eigenvalue weighted by Crippen LogP contribution is 2.31. The standard InChI is InChI=1S/C14H26N2O.ClH/c1-11-4-2-5-12(10-11)6-9-16-13(17)14(15)7-3-8-14;/h11-12H,2-10,15H2,1H3,(H,16,17);1H. The molecule has 1 amide bonds. The Bertz CT molecular complexity index is 279. The van der Waals surface area contributed by atoms with E-state index in [2.05, 4.69) is 12.2 Å². The topological polar surface area (TPSA) is 55.1 Å². The Morgan fingerprint density at radius 2 is 2.06 bits per heavy atom. The molecule has 2 saturated carbocycles. The van der Waals surface area contributed by atoms with Crippen LogP contribution in [0.1, 0.15) is 58.3 Å². The second-order valence-electron chi connectivity index (χ2n) is 6.19. The molecule has 0 aromatic heterocycles. The predicted octanol–water partition coefficient (Wildman–Crippen LogP) is 2.62. The van der Waals surface area contributed by atoms with Crippen LogP contribution in [0.2, 0.25) is 0 Å². The number of hydrogen-bond donors (Lipinski definition) is 2. The fourth-order valence-corrected chi connectivity index (χ4v) is 3.17. The fraction of sp³-hybridized carbons (Fsp3) is 0.929. The van der Waals surface area contributed by atoms with Crippen LogP contribution >= 0.6 is 12.4 Å². The Hall–Kier alpha value is -0.280. The van der Waals surface area contributed by atoms with E-state index in [9.17, 15) is 4.79 Å². The zero-order valence-corrected chi connectivity index (χ0v) is 12.2. The third-order valence-corrected chi connectivity index (χ3v) is 4.58. The Morgan fingerprint density at radius 3 is 2.61 bits per heavy atom. The molecular formula is C14H27ClN2O. The van der Waals surface area contributed by atoms with E-state index in [1.807, 2.05) is 0 Å². The molecule has 3 nitrogen and oxygen atoms in total. The molecule has 2 fully saturated rings. The highest BCUT2D eigenvalue weighted by Gasteiger charge is 2.39. The summed E-state index contributed by atoms with van der Waals surface area (Å²) in [4.78, 5) is 11.8. The van der Waals surface area contributed by atoms with Gasteiger partial charge in [-0.1, -0.05) is 26.2 Å². The average molecular weight is 275 g/mol. The smallest absolute Gasteiger partial charge is 0.240 e. The van der Waals surface area contributed by atoms with Gasteiger partial charge in [0.2, 0.25) is 5.91 Å². The van der Waals surface area contributed by atoms with Crippen molar-refractivity contribution in [2.45, 2.75) is 63.8 Å². The van der Waals surface area contributed by atoms with Crippen LogP contribution in [-0.2, 0) is 4.79 Å². The van der Waals surface area contributed by atoms with E-state index >= 15 is 0 Å². The highest BCUT2D eigenvalue weighted by molar-refractivity contribution is 5.86. The lowest BCUT2D eigenvalue weighted by Gasteiger charge is -2.36. The summed E-state index contributed by atoms with van der Waals surface area (Å²) in [5.74, 6) is 1.76. The minimum atomic E-state index is -0.528. The molecule has 2 aliphatic rings. The number of amides is 1. The maximum Gasteiger partial charge on any atom is 0.240 e. The first-order chi connectivity index (χ1) is 8.10. The third-order valence-electron chi connectivity index (χ3n) is 4.58. The fourth-order valence-electron chi connectivity index (χ4n) is 3.17. The van der Waals surface area contributed by atoms with Crippen molar-refractivity contribution in [3.05, 3.63) is 0 Å². The molecule has 0 spiro atoms. The maximum absolute atomic E-state index is 11.8. The highest BCUT2D eigenvalue weighted by atomic mass is 35.5. The minimum absolute atomic E-state index is 0. The first kappa shape index (κ1) is 15.8. The normalized spacial score (nSPS) is 29.9. The molecule has 4 heteroatoms. The Morgan fingerprint density at radius 1 is 1.33 bits per heavy atom. The molecular weight excluding hydrogens is 248 g/mol. The lowest BCUT2D eigenvalue weighted by Crippen LogP contribution is -2.58. The lowest BCUT2D eigenvalue weighted by molar-refractivity contribution is -0.129. The summed E-state index contributed by atoms with van der Waals surface area (Å²) in [6.45, 7) is 3.16. The van der Waals surface area contributed by atoms with Crippen LogP contribution in [0.5, 0.6) is 0 Å². The van der Waals surface area contributed by atoms with Crippen molar-refractivity contribution in [2.24, 2.45) is 17.6 Å². The molecule has 0 radical (unpaired) electrons. The van der Waals surface area contributed by atoms with Gasteiger partial charge in [-0.3, -0.25) is 4.79 Å². The minimum Gasteiger partial charge on any atom is -0.354 e. The maximum atomic E-state index is 11.8. The van der Waals surface area contributed by atoms with Crippen LogP contribution in [0.4, 0.5) is 0 Å². The van der Waals surface area contributed by atoms with Crippen LogP contribution in [0.15, 0.2) is 0 Å². The van der Waals surface area contributed by atoms with Gasteiger partial charge in [0.05, 0.1) is 5.54 Å². The zero-order valence-electron chi connectivity index (χ0n) is 11.4. The van der Waals surface area contributed by atoms with Gasteiger partial charge in [-0.25, -0.2) is 0 Å². The molecule has 106 valence electrons. The van der Waals surface area contributed by atoms with E-state index in [-0.39, 0.29) is 18.3 Å². The summed E-state index contributed by atoms with van der Waals surface area (Å²) in [6, 6.07) is 0. The largest absolute Gasteiger partial charge is 0.354 e. The monoisotopic (exact) mass is 274 g/mol. The third kappa shape index (κ3) is 3.86. The Labute approximate surface area is 117 Å². The number of nitrogens with two attached hydrogens (primary N) is 1. The van der Waals surface area contributed by atoms with E-state index in [0.717, 1.165) is 44.1 Å². The van der Waals surface area contributed by atoms with Crippen LogP contribution in [0.25, 0.3) is 0 Å². The zero-order chi connectivity index (χ0) is 12.3. The quantitative estimate of drug-likeness (QED) is 0.828. The molecule has 0 aromatic carbocycles. The molecule has 0 aliphatic heterocycles. The lowest BCUT2D eigenvalue weighted by atomic mass is 9.77. The van der Waals surface area contributed by atoms with E-state index < -0.39 is 5.54 Å². The summed E-state index contributed by atoms with van der Waals surface area (Å²) >= 11 is 0. The summed E-state index contributed by atoms with van der Waals surface area (Å²) in [7, 11) is 0. The molecule has 2 atom stereocenters. The van der Waals surface area contributed by atoms with E-state index in [1.165, 1.54) is 25.7 Å². The number of carbonyl (C=O) groups excluding carboxylic acids is 1. The van der Waals surface area contributed by atoms with Crippen molar-refractivity contribution in [1.82, 2.24) is 5.32 Å². The number of hydrogen-bond acceptors (Lipinski definition) is 2. The van der Waals surface area contributed by atoms with Crippen molar-refractivity contribution >= 4 is 18.3 Å². The van der Waals surface area contributed by atoms with Gasteiger partial charge in [-0.05, 0) is 43.9 Å². The van der Waals surface area contributed by atoms with Crippen molar-refractivity contribution < 1.29 is 4.79 Å². The first-order valence-corrected chi connectivity index (χ1v) is 7.17. The number of halogens is 1. The van der Waals surface area contributed by atoms with Gasteiger partial charge in [-0.15, -0.1) is 12.4 Å². The summed E-state index contributed by atoms with van der Waals surface area (Å²) in [5.41, 5.74) is 5.45. The summed E-state index contributed by atoms with van der Waals surface area (Å²) < 4.78 is 0. The van der Waals surface area contributed by atoms with Crippen molar-refractivity contribution in [2.75, 3.05) is 6.54 Å². The molecule has 0 bridgehead atoms. The van der Waals surface area contributed by atoms with E-state index in [1.54, 1.807) is 0 Å². The molecule has 0 heterocycles. The molecule has 0 saturated heterocycles. The van der Waals surface area contributed by atoms with Gasteiger partial charge in [0, 0.05) is 6.54 Å². The van der Waals surface area contributed by atoms with Crippen molar-refractivity contribution in [1.29, 1.82) is 0 Å². The first-order valence-electron chi connectivity index (χ1n) is 7.17. The number of nitrogens with one attached hydrogen (secondary N) is 1. The van der Waals surface area contributed by atoms with Gasteiger partial charge >= 0.3 is 0 Å².